The van der Waals surface area contributed by atoms with E-state index in [4.69, 9.17) is 15.6 Å². The van der Waals surface area contributed by atoms with E-state index in [2.05, 4.69) is 15.6 Å². The van der Waals surface area contributed by atoms with Crippen LogP contribution in [0.4, 0.5) is 10.6 Å². The molecule has 1 unspecified atom stereocenters. The van der Waals surface area contributed by atoms with Crippen LogP contribution in [0.25, 0.3) is 0 Å². The molecule has 1 aromatic heterocycles. The summed E-state index contributed by atoms with van der Waals surface area (Å²) in [6, 6.07) is 7.79. The average molecular weight is 482 g/mol. The maximum Gasteiger partial charge on any atom is 0.317 e. The molecule has 0 saturated heterocycles. The summed E-state index contributed by atoms with van der Waals surface area (Å²) in [5.41, 5.74) is 2.44. The van der Waals surface area contributed by atoms with Crippen LogP contribution >= 0.6 is 0 Å². The van der Waals surface area contributed by atoms with Crippen LogP contribution in [0.1, 0.15) is 41.0 Å². The van der Waals surface area contributed by atoms with Gasteiger partial charge in [-0.1, -0.05) is 6.07 Å². The van der Waals surface area contributed by atoms with Crippen molar-refractivity contribution < 1.29 is 19.4 Å². The molecule has 0 bridgehead atoms. The summed E-state index contributed by atoms with van der Waals surface area (Å²) in [4.78, 5) is 32.8. The van der Waals surface area contributed by atoms with Crippen molar-refractivity contribution in [1.29, 1.82) is 10.8 Å². The lowest BCUT2D eigenvalue weighted by molar-refractivity contribution is 0.102. The van der Waals surface area contributed by atoms with Crippen LogP contribution < -0.4 is 15.4 Å². The van der Waals surface area contributed by atoms with E-state index in [9.17, 15) is 14.7 Å². The van der Waals surface area contributed by atoms with E-state index in [-0.39, 0.29) is 30.0 Å². The molecule has 5 N–H and O–H groups in total. The first-order valence-corrected chi connectivity index (χ1v) is 11.3. The number of nitrogens with one attached hydrogen (secondary N) is 4. The molecule has 1 aliphatic heterocycles. The zero-order valence-corrected chi connectivity index (χ0v) is 20.1. The number of fused-ring (bicyclic) bond motifs is 1. The fourth-order valence-corrected chi connectivity index (χ4v) is 3.82. The summed E-state index contributed by atoms with van der Waals surface area (Å²) < 4.78 is 5.47. The maximum absolute atomic E-state index is 13.2. The number of pyridine rings is 1. The van der Waals surface area contributed by atoms with Crippen molar-refractivity contribution in [3.63, 3.8) is 0 Å². The third-order valence-electron chi connectivity index (χ3n) is 5.76. The van der Waals surface area contributed by atoms with Gasteiger partial charge in [0.05, 0.1) is 31.7 Å². The van der Waals surface area contributed by atoms with Crippen molar-refractivity contribution in [3.05, 3.63) is 52.7 Å². The lowest BCUT2D eigenvalue weighted by atomic mass is 9.96. The number of hydrogen-bond donors (Lipinski definition) is 5. The number of methoxy groups -OCH3 is 1. The van der Waals surface area contributed by atoms with Crippen molar-refractivity contribution in [1.82, 2.24) is 20.1 Å². The predicted octanol–water partition coefficient (Wildman–Crippen LogP) is 2.05. The van der Waals surface area contributed by atoms with Gasteiger partial charge in [0.1, 0.15) is 17.3 Å². The number of amides is 3. The van der Waals surface area contributed by atoms with E-state index in [1.54, 1.807) is 36.1 Å². The number of aliphatic hydroxyl groups excluding tert-OH is 1. The van der Waals surface area contributed by atoms with Gasteiger partial charge in [-0.05, 0) is 55.7 Å². The van der Waals surface area contributed by atoms with Crippen molar-refractivity contribution in [3.8, 4) is 5.75 Å². The fraction of sp³-hybridized carbons (Fsp3) is 0.375. The molecule has 0 aliphatic carbocycles. The van der Waals surface area contributed by atoms with Gasteiger partial charge < -0.3 is 30.3 Å². The normalized spacial score (nSPS) is 13.3. The van der Waals surface area contributed by atoms with E-state index in [0.717, 1.165) is 17.5 Å². The molecule has 1 atom stereocenters. The molecule has 11 heteroatoms. The van der Waals surface area contributed by atoms with E-state index in [1.165, 1.54) is 12.0 Å². The second-order valence-electron chi connectivity index (χ2n) is 8.11. The second kappa shape index (κ2) is 11.4. The van der Waals surface area contributed by atoms with Crippen LogP contribution in [-0.4, -0.2) is 76.9 Å². The van der Waals surface area contributed by atoms with Crippen LogP contribution in [0, 0.1) is 10.8 Å². The number of aromatic nitrogens is 1. The van der Waals surface area contributed by atoms with Gasteiger partial charge in [-0.3, -0.25) is 15.6 Å². The molecule has 2 aromatic rings. The number of carbonyl (C=O) groups is 2. The Labute approximate surface area is 204 Å². The summed E-state index contributed by atoms with van der Waals surface area (Å²) in [5, 5.41) is 30.8. The van der Waals surface area contributed by atoms with Gasteiger partial charge in [0, 0.05) is 19.6 Å². The third-order valence-corrected chi connectivity index (χ3v) is 5.76. The van der Waals surface area contributed by atoms with E-state index in [1.807, 2.05) is 13.0 Å². The number of hydrogen-bond acceptors (Lipinski definition) is 7. The van der Waals surface area contributed by atoms with Gasteiger partial charge in [-0.25, -0.2) is 9.78 Å². The molecule has 2 heterocycles. The molecule has 3 amide bonds. The highest BCUT2D eigenvalue weighted by Crippen LogP contribution is 2.28. The number of benzene rings is 1. The monoisotopic (exact) mass is 481 g/mol. The van der Waals surface area contributed by atoms with Crippen molar-refractivity contribution >= 4 is 29.9 Å². The third kappa shape index (κ3) is 5.75. The minimum absolute atomic E-state index is 0.0746. The largest absolute Gasteiger partial charge is 0.496 e. The van der Waals surface area contributed by atoms with E-state index in [0.29, 0.717) is 37.4 Å². The quantitative estimate of drug-likeness (QED) is 0.287. The summed E-state index contributed by atoms with van der Waals surface area (Å²) in [7, 11) is 1.50. The van der Waals surface area contributed by atoms with Crippen molar-refractivity contribution in [2.45, 2.75) is 32.9 Å². The Morgan fingerprint density at radius 1 is 1.34 bits per heavy atom. The average Bonchev–Trinajstić information content (AvgIpc) is 2.87. The van der Waals surface area contributed by atoms with Gasteiger partial charge in [0.25, 0.3) is 5.91 Å². The summed E-state index contributed by atoms with van der Waals surface area (Å²) in [5.74, 6) is 0.129. The summed E-state index contributed by atoms with van der Waals surface area (Å²) in [6.45, 7) is 4.82. The number of urea groups is 1. The molecule has 1 aromatic carbocycles. The maximum atomic E-state index is 13.2. The summed E-state index contributed by atoms with van der Waals surface area (Å²) in [6.07, 6.45) is 1.62. The smallest absolute Gasteiger partial charge is 0.317 e. The minimum Gasteiger partial charge on any atom is -0.496 e. The van der Waals surface area contributed by atoms with E-state index < -0.39 is 11.9 Å². The zero-order valence-electron chi connectivity index (χ0n) is 20.1. The second-order valence-corrected chi connectivity index (χ2v) is 8.11. The van der Waals surface area contributed by atoms with Gasteiger partial charge in [-0.2, -0.15) is 0 Å². The van der Waals surface area contributed by atoms with Gasteiger partial charge in [-0.15, -0.1) is 0 Å². The first-order chi connectivity index (χ1) is 16.8. The first kappa shape index (κ1) is 25.6. The van der Waals surface area contributed by atoms with Gasteiger partial charge in [0.2, 0.25) is 0 Å². The number of carbonyl (C=O) groups excluding carboxylic acids is 2. The molecule has 0 spiro atoms. The molecule has 186 valence electrons. The highest BCUT2D eigenvalue weighted by atomic mass is 16.5. The van der Waals surface area contributed by atoms with Crippen LogP contribution in [0.5, 0.6) is 5.75 Å². The molecule has 11 nitrogen and oxygen atoms in total. The van der Waals surface area contributed by atoms with Crippen LogP contribution in [0.15, 0.2) is 30.3 Å². The Balaban J connectivity index is 1.83. The fourth-order valence-electron chi connectivity index (χ4n) is 3.82. The number of anilines is 1. The molecule has 0 fully saturated rings. The van der Waals surface area contributed by atoms with Crippen molar-refractivity contribution in [2.75, 3.05) is 32.1 Å². The number of ether oxygens (including phenoxy) is 1. The highest BCUT2D eigenvalue weighted by molar-refractivity contribution is 6.06. The molecule has 0 saturated carbocycles. The minimum atomic E-state index is -0.473. The Kier molecular flexibility index (Phi) is 8.37. The number of nitrogens with zero attached hydrogens (tertiary/aromatic N) is 3. The number of rotatable bonds is 8. The Morgan fingerprint density at radius 2 is 2.11 bits per heavy atom. The zero-order chi connectivity index (χ0) is 25.5. The lowest BCUT2D eigenvalue weighted by Gasteiger charge is -2.29. The van der Waals surface area contributed by atoms with Gasteiger partial charge in [0.15, 0.2) is 5.84 Å². The number of aliphatic hydroxyl groups is 1. The molecule has 3 rings (SSSR count). The molecule has 1 aliphatic rings. The predicted molar refractivity (Wildman–Crippen MR) is 132 cm³/mol. The van der Waals surface area contributed by atoms with Gasteiger partial charge >= 0.3 is 6.03 Å². The molecular formula is C24H31N7O4. The summed E-state index contributed by atoms with van der Waals surface area (Å²) >= 11 is 0. The van der Waals surface area contributed by atoms with E-state index >= 15 is 0 Å². The van der Waals surface area contributed by atoms with Crippen molar-refractivity contribution in [2.24, 2.45) is 0 Å². The van der Waals surface area contributed by atoms with Crippen LogP contribution in [0.2, 0.25) is 0 Å². The highest BCUT2D eigenvalue weighted by Gasteiger charge is 2.24. The molecule has 0 radical (unpaired) electrons. The molecular weight excluding hydrogens is 450 g/mol. The SMILES string of the molecule is CCNC(=O)N1CCc2cc(OC)c(C(=O)Nc3cccc(C(=N)N(C=N)C(C)CO)n3)cc2C1. The molecule has 35 heavy (non-hydrogen) atoms. The standard InChI is InChI=1S/C24H31N7O4/c1-4-27-24(34)30-9-8-16-11-20(35-3)18(10-17(16)12-30)23(33)29-21-7-5-6-19(28-21)22(26)31(14-25)15(2)13-32/h5-7,10-11,14-15,25-26,32H,4,8-9,12-13H2,1-3H3,(H,27,34)(H,28,29,33). The van der Waals surface area contributed by atoms with Crippen LogP contribution in [0.3, 0.4) is 0 Å². The first-order valence-electron chi connectivity index (χ1n) is 11.3. The van der Waals surface area contributed by atoms with Crippen LogP contribution in [-0.2, 0) is 13.0 Å². The Bertz CT molecular complexity index is 1120. The number of amidine groups is 1. The Morgan fingerprint density at radius 3 is 2.77 bits per heavy atom. The lowest BCUT2D eigenvalue weighted by Crippen LogP contribution is -2.42. The topological polar surface area (TPSA) is 155 Å². The Hall–Kier alpha value is -3.99.